The predicted molar refractivity (Wildman–Crippen MR) is 65.9 cm³/mol. The smallest absolute Gasteiger partial charge is 0.325 e. The Balaban J connectivity index is 2.33. The summed E-state index contributed by atoms with van der Waals surface area (Å²) in [4.78, 5) is 48.0. The summed E-state index contributed by atoms with van der Waals surface area (Å²) in [5, 5.41) is 11.0. The van der Waals surface area contributed by atoms with Gasteiger partial charge in [0.05, 0.1) is 6.42 Å². The first-order valence-electron chi connectivity index (χ1n) is 5.78. The molecule has 0 atom stereocenters. The highest BCUT2D eigenvalue weighted by Gasteiger charge is 2.05. The zero-order valence-corrected chi connectivity index (χ0v) is 10.2. The van der Waals surface area contributed by atoms with E-state index >= 15 is 0 Å². The van der Waals surface area contributed by atoms with E-state index in [1.807, 2.05) is 4.98 Å². The Morgan fingerprint density at radius 1 is 1.21 bits per heavy atom. The number of aromatic nitrogens is 2. The summed E-state index contributed by atoms with van der Waals surface area (Å²) in [7, 11) is 0. The van der Waals surface area contributed by atoms with Gasteiger partial charge in [0.1, 0.15) is 0 Å². The van der Waals surface area contributed by atoms with Gasteiger partial charge in [0, 0.05) is 24.7 Å². The fourth-order valence-corrected chi connectivity index (χ4v) is 1.48. The van der Waals surface area contributed by atoms with Crippen molar-refractivity contribution in [2.75, 3.05) is 6.54 Å². The Morgan fingerprint density at radius 3 is 2.58 bits per heavy atom. The van der Waals surface area contributed by atoms with Crippen molar-refractivity contribution in [3.8, 4) is 0 Å². The largest absolute Gasteiger partial charge is 0.481 e. The molecule has 0 spiro atoms. The topological polar surface area (TPSA) is 132 Å². The van der Waals surface area contributed by atoms with Gasteiger partial charge in [-0.15, -0.1) is 0 Å². The zero-order valence-electron chi connectivity index (χ0n) is 10.2. The number of carbonyl (C=O) groups is 2. The molecule has 104 valence electrons. The van der Waals surface area contributed by atoms with Crippen molar-refractivity contribution in [2.24, 2.45) is 0 Å². The van der Waals surface area contributed by atoms with Crippen molar-refractivity contribution in [3.63, 3.8) is 0 Å². The van der Waals surface area contributed by atoms with Crippen LogP contribution in [-0.2, 0) is 16.0 Å². The fourth-order valence-electron chi connectivity index (χ4n) is 1.48. The van der Waals surface area contributed by atoms with E-state index in [0.29, 0.717) is 19.4 Å². The molecule has 0 aliphatic carbocycles. The highest BCUT2D eigenvalue weighted by atomic mass is 16.4. The van der Waals surface area contributed by atoms with Crippen molar-refractivity contribution in [1.82, 2.24) is 15.3 Å². The number of H-pyrrole nitrogens is 2. The average molecular weight is 269 g/mol. The maximum Gasteiger partial charge on any atom is 0.325 e. The lowest BCUT2D eigenvalue weighted by molar-refractivity contribution is -0.137. The quantitative estimate of drug-likeness (QED) is 0.470. The summed E-state index contributed by atoms with van der Waals surface area (Å²) in [5.74, 6) is -1.20. The minimum Gasteiger partial charge on any atom is -0.481 e. The number of carboxylic acids is 1. The first-order chi connectivity index (χ1) is 8.97. The Kier molecular flexibility index (Phi) is 5.52. The van der Waals surface area contributed by atoms with Crippen LogP contribution < -0.4 is 16.6 Å². The van der Waals surface area contributed by atoms with Crippen LogP contribution in [0.3, 0.4) is 0 Å². The van der Waals surface area contributed by atoms with Crippen LogP contribution in [0.15, 0.2) is 15.7 Å². The molecule has 0 saturated heterocycles. The number of nitrogens with one attached hydrogen (secondary N) is 3. The monoisotopic (exact) mass is 269 g/mol. The molecule has 0 radical (unpaired) electrons. The SMILES string of the molecule is O=C(O)CCCCNC(=O)Cc1cc(=O)[nH]c(=O)[nH]1. The van der Waals surface area contributed by atoms with E-state index in [9.17, 15) is 19.2 Å². The maximum absolute atomic E-state index is 11.5. The van der Waals surface area contributed by atoms with Crippen LogP contribution in [0.2, 0.25) is 0 Å². The lowest BCUT2D eigenvalue weighted by atomic mass is 10.2. The summed E-state index contributed by atoms with van der Waals surface area (Å²) in [5.41, 5.74) is -0.985. The van der Waals surface area contributed by atoms with Crippen LogP contribution in [0, 0.1) is 0 Å². The molecule has 0 bridgehead atoms. The number of aromatic amines is 2. The highest BCUT2D eigenvalue weighted by Crippen LogP contribution is 1.94. The van der Waals surface area contributed by atoms with Gasteiger partial charge in [0.2, 0.25) is 5.91 Å². The van der Waals surface area contributed by atoms with Crippen LogP contribution in [0.25, 0.3) is 0 Å². The fraction of sp³-hybridized carbons (Fsp3) is 0.455. The number of hydrogen-bond donors (Lipinski definition) is 4. The molecule has 1 heterocycles. The minimum absolute atomic E-state index is 0.0667. The standard InChI is InChI=1S/C11H15N3O5/c15-8(12-4-2-1-3-10(17)18)5-7-6-9(16)14-11(19)13-7/h6H,1-5H2,(H,12,15)(H,17,18)(H2,13,14,16,19). The first-order valence-corrected chi connectivity index (χ1v) is 5.78. The lowest BCUT2D eigenvalue weighted by Gasteiger charge is -2.04. The number of carboxylic acid groups (broad SMARTS) is 1. The van der Waals surface area contributed by atoms with Crippen LogP contribution in [0.1, 0.15) is 25.0 Å². The summed E-state index contributed by atoms with van der Waals surface area (Å²) >= 11 is 0. The van der Waals surface area contributed by atoms with Crippen molar-refractivity contribution in [1.29, 1.82) is 0 Å². The third-order valence-corrected chi connectivity index (χ3v) is 2.31. The van der Waals surface area contributed by atoms with Crippen LogP contribution in [0.4, 0.5) is 0 Å². The Labute approximate surface area is 107 Å². The van der Waals surface area contributed by atoms with Crippen LogP contribution >= 0.6 is 0 Å². The van der Waals surface area contributed by atoms with E-state index in [4.69, 9.17) is 5.11 Å². The van der Waals surface area contributed by atoms with Gasteiger partial charge < -0.3 is 15.4 Å². The van der Waals surface area contributed by atoms with Gasteiger partial charge in [-0.25, -0.2) is 4.79 Å². The van der Waals surface area contributed by atoms with Gasteiger partial charge in [-0.2, -0.15) is 0 Å². The molecule has 1 aromatic heterocycles. The zero-order chi connectivity index (χ0) is 14.3. The normalized spacial score (nSPS) is 10.1. The number of aliphatic carboxylic acids is 1. The average Bonchev–Trinajstić information content (AvgIpc) is 2.26. The molecule has 1 amide bonds. The molecule has 0 aromatic carbocycles. The molecule has 1 aromatic rings. The summed E-state index contributed by atoms with van der Waals surface area (Å²) in [6, 6.07) is 1.14. The molecule has 1 rings (SSSR count). The Morgan fingerprint density at radius 2 is 1.95 bits per heavy atom. The van der Waals surface area contributed by atoms with Crippen LogP contribution in [0.5, 0.6) is 0 Å². The second kappa shape index (κ2) is 7.14. The first kappa shape index (κ1) is 14.7. The summed E-state index contributed by atoms with van der Waals surface area (Å²) in [6.45, 7) is 0.361. The Bertz CT molecular complexity index is 532. The number of carbonyl (C=O) groups excluding carboxylic acids is 1. The third kappa shape index (κ3) is 6.20. The molecule has 0 aliphatic rings. The van der Waals surface area contributed by atoms with Crippen molar-refractivity contribution < 1.29 is 14.7 Å². The number of rotatable bonds is 7. The van der Waals surface area contributed by atoms with E-state index in [1.54, 1.807) is 0 Å². The molecule has 0 aliphatic heterocycles. The van der Waals surface area contributed by atoms with Crippen LogP contribution in [-0.4, -0.2) is 33.5 Å². The second-order valence-electron chi connectivity index (χ2n) is 3.99. The van der Waals surface area contributed by atoms with Crippen molar-refractivity contribution >= 4 is 11.9 Å². The van der Waals surface area contributed by atoms with Gasteiger partial charge in [0.15, 0.2) is 0 Å². The van der Waals surface area contributed by atoms with E-state index in [2.05, 4.69) is 10.3 Å². The Hall–Kier alpha value is -2.38. The van der Waals surface area contributed by atoms with Gasteiger partial charge in [-0.1, -0.05) is 0 Å². The van der Waals surface area contributed by atoms with Gasteiger partial charge >= 0.3 is 11.7 Å². The highest BCUT2D eigenvalue weighted by molar-refractivity contribution is 5.77. The molecule has 0 saturated carbocycles. The second-order valence-corrected chi connectivity index (χ2v) is 3.99. The molecule has 8 heteroatoms. The molecular weight excluding hydrogens is 254 g/mol. The molecule has 19 heavy (non-hydrogen) atoms. The van der Waals surface area contributed by atoms with Crippen molar-refractivity contribution in [2.45, 2.75) is 25.7 Å². The summed E-state index contributed by atoms with van der Waals surface area (Å²) < 4.78 is 0. The van der Waals surface area contributed by atoms with Gasteiger partial charge in [-0.3, -0.25) is 19.4 Å². The number of hydrogen-bond acceptors (Lipinski definition) is 4. The van der Waals surface area contributed by atoms with E-state index in [0.717, 1.165) is 6.07 Å². The van der Waals surface area contributed by atoms with Gasteiger partial charge in [0.25, 0.3) is 5.56 Å². The van der Waals surface area contributed by atoms with E-state index in [-0.39, 0.29) is 24.4 Å². The molecule has 4 N–H and O–H groups in total. The summed E-state index contributed by atoms with van der Waals surface area (Å²) in [6.07, 6.45) is 1.01. The maximum atomic E-state index is 11.5. The molecule has 0 unspecified atom stereocenters. The van der Waals surface area contributed by atoms with E-state index < -0.39 is 17.2 Å². The molecular formula is C11H15N3O5. The van der Waals surface area contributed by atoms with Gasteiger partial charge in [-0.05, 0) is 12.8 Å². The van der Waals surface area contributed by atoms with Crippen molar-refractivity contribution in [3.05, 3.63) is 32.6 Å². The predicted octanol–water partition coefficient (Wildman–Crippen LogP) is -1.02. The lowest BCUT2D eigenvalue weighted by Crippen LogP contribution is -2.29. The minimum atomic E-state index is -0.868. The number of amides is 1. The molecule has 8 nitrogen and oxygen atoms in total. The molecule has 0 fully saturated rings. The van der Waals surface area contributed by atoms with E-state index in [1.165, 1.54) is 0 Å². The third-order valence-electron chi connectivity index (χ3n) is 2.31. The number of unbranched alkanes of at least 4 members (excludes halogenated alkanes) is 1.